The van der Waals surface area contributed by atoms with Gasteiger partial charge >= 0.3 is 6.18 Å². The molecule has 1 saturated heterocycles. The largest absolute Gasteiger partial charge is 0.401 e. The standard InChI is InChI=1S/C20H30F3N5O2/c1-3-24-19(25-7-4-9-27(2)12-20(21,22)23)26-8-10-28-17(29)15-13-5-6-14(11-13)16(15)18(28)30/h5-6,13-16H,3-4,7-12H2,1-2H3,(H2,24,25,26). The van der Waals surface area contributed by atoms with E-state index in [1.54, 1.807) is 0 Å². The molecule has 4 unspecified atom stereocenters. The molecular formula is C20H30F3N5O2. The summed E-state index contributed by atoms with van der Waals surface area (Å²) in [5, 5.41) is 6.17. The molecule has 0 spiro atoms. The number of guanidine groups is 1. The number of aliphatic imine (C=N–C) groups is 1. The number of carbonyl (C=O) groups is 2. The molecular weight excluding hydrogens is 399 g/mol. The summed E-state index contributed by atoms with van der Waals surface area (Å²) in [6.45, 7) is 2.91. The zero-order chi connectivity index (χ0) is 21.9. The molecule has 2 aliphatic carbocycles. The summed E-state index contributed by atoms with van der Waals surface area (Å²) in [6, 6.07) is 0. The molecule has 7 nitrogen and oxygen atoms in total. The Morgan fingerprint density at radius 3 is 2.40 bits per heavy atom. The van der Waals surface area contributed by atoms with E-state index < -0.39 is 12.7 Å². The molecule has 2 bridgehead atoms. The zero-order valence-corrected chi connectivity index (χ0v) is 17.4. The van der Waals surface area contributed by atoms with E-state index in [1.807, 2.05) is 6.92 Å². The summed E-state index contributed by atoms with van der Waals surface area (Å²) < 4.78 is 37.0. The molecule has 0 aromatic carbocycles. The number of likely N-dealkylation sites (tertiary alicyclic amines) is 1. The van der Waals surface area contributed by atoms with Crippen LogP contribution in [0.1, 0.15) is 19.8 Å². The van der Waals surface area contributed by atoms with Crippen LogP contribution >= 0.6 is 0 Å². The van der Waals surface area contributed by atoms with Gasteiger partial charge in [-0.25, -0.2) is 0 Å². The summed E-state index contributed by atoms with van der Waals surface area (Å²) >= 11 is 0. The number of hydrogen-bond acceptors (Lipinski definition) is 4. The SMILES string of the molecule is CCNC(=NCCCN(C)CC(F)(F)F)NCCN1C(=O)C2C3C=CC(C3)C2C1=O. The Morgan fingerprint density at radius 1 is 1.20 bits per heavy atom. The summed E-state index contributed by atoms with van der Waals surface area (Å²) in [7, 11) is 1.43. The molecule has 4 atom stereocenters. The number of rotatable bonds is 9. The van der Waals surface area contributed by atoms with Crippen molar-refractivity contribution in [2.45, 2.75) is 25.9 Å². The first-order chi connectivity index (χ1) is 14.2. The molecule has 10 heteroatoms. The second-order valence-corrected chi connectivity index (χ2v) is 8.22. The molecule has 168 valence electrons. The van der Waals surface area contributed by atoms with Crippen LogP contribution in [0.15, 0.2) is 17.1 Å². The molecule has 30 heavy (non-hydrogen) atoms. The first kappa shape index (κ1) is 22.6. The van der Waals surface area contributed by atoms with Gasteiger partial charge in [-0.1, -0.05) is 12.2 Å². The maximum atomic E-state index is 12.7. The normalized spacial score (nSPS) is 28.1. The highest BCUT2D eigenvalue weighted by Crippen LogP contribution is 2.52. The quantitative estimate of drug-likeness (QED) is 0.190. The lowest BCUT2D eigenvalue weighted by molar-refractivity contribution is -0.143. The Bertz CT molecular complexity index is 679. The number of nitrogens with zero attached hydrogens (tertiary/aromatic N) is 3. The molecule has 0 aromatic heterocycles. The molecule has 0 radical (unpaired) electrons. The van der Waals surface area contributed by atoms with E-state index in [1.165, 1.54) is 16.8 Å². The van der Waals surface area contributed by atoms with Gasteiger partial charge in [0.1, 0.15) is 0 Å². The minimum Gasteiger partial charge on any atom is -0.357 e. The van der Waals surface area contributed by atoms with Crippen LogP contribution in [0.25, 0.3) is 0 Å². The number of amides is 2. The van der Waals surface area contributed by atoms with Crippen LogP contribution in [0.4, 0.5) is 13.2 Å². The van der Waals surface area contributed by atoms with Crippen LogP contribution in [0, 0.1) is 23.7 Å². The van der Waals surface area contributed by atoms with Crippen molar-refractivity contribution in [2.24, 2.45) is 28.7 Å². The van der Waals surface area contributed by atoms with Crippen molar-refractivity contribution in [3.05, 3.63) is 12.2 Å². The average Bonchev–Trinajstić information content (AvgIpc) is 3.33. The predicted molar refractivity (Wildman–Crippen MR) is 107 cm³/mol. The highest BCUT2D eigenvalue weighted by molar-refractivity contribution is 6.06. The van der Waals surface area contributed by atoms with Crippen molar-refractivity contribution < 1.29 is 22.8 Å². The average molecular weight is 429 g/mol. The molecule has 3 aliphatic rings. The van der Waals surface area contributed by atoms with Gasteiger partial charge in [0, 0.05) is 26.2 Å². The fraction of sp³-hybridized carbons (Fsp3) is 0.750. The number of carbonyl (C=O) groups excluding carboxylic acids is 2. The molecule has 3 rings (SSSR count). The molecule has 2 N–H and O–H groups in total. The van der Waals surface area contributed by atoms with Crippen LogP contribution in [0.3, 0.4) is 0 Å². The zero-order valence-electron chi connectivity index (χ0n) is 17.4. The van der Waals surface area contributed by atoms with Gasteiger partial charge in [0.05, 0.1) is 18.4 Å². The highest BCUT2D eigenvalue weighted by Gasteiger charge is 2.58. The summed E-state index contributed by atoms with van der Waals surface area (Å²) in [5.74, 6) is 0.396. The minimum atomic E-state index is -4.20. The molecule has 2 fully saturated rings. The lowest BCUT2D eigenvalue weighted by Crippen LogP contribution is -2.43. The van der Waals surface area contributed by atoms with E-state index in [-0.39, 0.29) is 42.0 Å². The van der Waals surface area contributed by atoms with Gasteiger partial charge in [0.25, 0.3) is 0 Å². The number of fused-ring (bicyclic) bond motifs is 5. The molecule has 1 heterocycles. The van der Waals surface area contributed by atoms with E-state index >= 15 is 0 Å². The maximum Gasteiger partial charge on any atom is 0.401 e. The first-order valence-electron chi connectivity index (χ1n) is 10.5. The van der Waals surface area contributed by atoms with Crippen LogP contribution in [0.2, 0.25) is 0 Å². The lowest BCUT2D eigenvalue weighted by Gasteiger charge is -2.19. The summed E-state index contributed by atoms with van der Waals surface area (Å²) in [4.78, 5) is 32.3. The van der Waals surface area contributed by atoms with Gasteiger partial charge in [0.2, 0.25) is 11.8 Å². The Labute approximate surface area is 174 Å². The van der Waals surface area contributed by atoms with Crippen molar-refractivity contribution in [1.29, 1.82) is 0 Å². The third-order valence-electron chi connectivity index (χ3n) is 5.95. The summed E-state index contributed by atoms with van der Waals surface area (Å²) in [6.07, 6.45) is 1.34. The van der Waals surface area contributed by atoms with Crippen molar-refractivity contribution in [3.8, 4) is 0 Å². The van der Waals surface area contributed by atoms with Crippen molar-refractivity contribution >= 4 is 17.8 Å². The Kier molecular flexibility index (Phi) is 7.05. The predicted octanol–water partition coefficient (Wildman–Crippen LogP) is 1.23. The fourth-order valence-corrected chi connectivity index (χ4v) is 4.73. The summed E-state index contributed by atoms with van der Waals surface area (Å²) in [5.41, 5.74) is 0. The first-order valence-corrected chi connectivity index (χ1v) is 10.5. The molecule has 0 aromatic rings. The van der Waals surface area contributed by atoms with Gasteiger partial charge in [-0.2, -0.15) is 13.2 Å². The topological polar surface area (TPSA) is 77.0 Å². The van der Waals surface area contributed by atoms with Crippen LogP contribution in [-0.2, 0) is 9.59 Å². The third kappa shape index (κ3) is 5.14. The Hall–Kier alpha value is -2.10. The number of alkyl halides is 3. The van der Waals surface area contributed by atoms with Crippen LogP contribution in [-0.4, -0.2) is 80.1 Å². The lowest BCUT2D eigenvalue weighted by atomic mass is 9.85. The maximum absolute atomic E-state index is 12.7. The Morgan fingerprint density at radius 2 is 1.83 bits per heavy atom. The van der Waals surface area contributed by atoms with Crippen molar-refractivity contribution in [2.75, 3.05) is 46.3 Å². The van der Waals surface area contributed by atoms with E-state index in [9.17, 15) is 22.8 Å². The van der Waals surface area contributed by atoms with Crippen molar-refractivity contribution in [3.63, 3.8) is 0 Å². The third-order valence-corrected chi connectivity index (χ3v) is 5.95. The van der Waals surface area contributed by atoms with Gasteiger partial charge in [0.15, 0.2) is 5.96 Å². The minimum absolute atomic E-state index is 0.0710. The van der Waals surface area contributed by atoms with Crippen LogP contribution < -0.4 is 10.6 Å². The number of halogens is 3. The van der Waals surface area contributed by atoms with Crippen molar-refractivity contribution in [1.82, 2.24) is 20.4 Å². The highest BCUT2D eigenvalue weighted by atomic mass is 19.4. The second kappa shape index (κ2) is 9.36. The number of nitrogens with one attached hydrogen (secondary N) is 2. The smallest absolute Gasteiger partial charge is 0.357 e. The van der Waals surface area contributed by atoms with Gasteiger partial charge in [-0.15, -0.1) is 0 Å². The number of hydrogen-bond donors (Lipinski definition) is 2. The number of allylic oxidation sites excluding steroid dienone is 2. The molecule has 1 aliphatic heterocycles. The van der Waals surface area contributed by atoms with E-state index in [4.69, 9.17) is 0 Å². The van der Waals surface area contributed by atoms with Gasteiger partial charge < -0.3 is 10.6 Å². The number of imide groups is 1. The monoisotopic (exact) mass is 429 g/mol. The second-order valence-electron chi connectivity index (χ2n) is 8.22. The van der Waals surface area contributed by atoms with E-state index in [0.717, 1.165) is 6.42 Å². The molecule has 1 saturated carbocycles. The van der Waals surface area contributed by atoms with Crippen LogP contribution in [0.5, 0.6) is 0 Å². The van der Waals surface area contributed by atoms with Gasteiger partial charge in [-0.3, -0.25) is 24.4 Å². The fourth-order valence-electron chi connectivity index (χ4n) is 4.73. The Balaban J connectivity index is 1.42. The van der Waals surface area contributed by atoms with Gasteiger partial charge in [-0.05, 0) is 45.2 Å². The van der Waals surface area contributed by atoms with E-state index in [2.05, 4.69) is 27.8 Å². The molecule has 2 amide bonds. The van der Waals surface area contributed by atoms with E-state index in [0.29, 0.717) is 38.6 Å².